The summed E-state index contributed by atoms with van der Waals surface area (Å²) in [6, 6.07) is 9.92. The molecule has 3 rings (SSSR count). The lowest BCUT2D eigenvalue weighted by Gasteiger charge is -2.19. The van der Waals surface area contributed by atoms with Crippen molar-refractivity contribution in [1.29, 1.82) is 0 Å². The number of ether oxygens (including phenoxy) is 1. The maximum Gasteiger partial charge on any atom is 0.236 e. The van der Waals surface area contributed by atoms with Gasteiger partial charge in [0.05, 0.1) is 12.8 Å². The Balaban J connectivity index is 1.98. The standard InChI is InChI=1S/C17H20N4O/c1-4-20(5-2)16-10-11-21-12-15(18-17(21)19-16)13-6-8-14(22-3)9-7-13/h6-12H,4-5H2,1-3H3. The maximum absolute atomic E-state index is 5.19. The first-order valence-electron chi connectivity index (χ1n) is 7.50. The molecule has 0 aliphatic heterocycles. The molecule has 0 spiro atoms. The third-order valence-corrected chi connectivity index (χ3v) is 3.78. The monoisotopic (exact) mass is 296 g/mol. The van der Waals surface area contributed by atoms with E-state index in [0.717, 1.165) is 41.7 Å². The predicted octanol–water partition coefficient (Wildman–Crippen LogP) is 3.25. The highest BCUT2D eigenvalue weighted by molar-refractivity contribution is 5.62. The number of anilines is 1. The minimum Gasteiger partial charge on any atom is -0.497 e. The van der Waals surface area contributed by atoms with Gasteiger partial charge in [0, 0.05) is 31.0 Å². The van der Waals surface area contributed by atoms with E-state index in [1.54, 1.807) is 7.11 Å². The van der Waals surface area contributed by atoms with Gasteiger partial charge in [-0.1, -0.05) is 0 Å². The number of aromatic nitrogens is 3. The molecule has 1 aromatic carbocycles. The summed E-state index contributed by atoms with van der Waals surface area (Å²) in [5.74, 6) is 2.52. The molecular formula is C17H20N4O. The van der Waals surface area contributed by atoms with Crippen LogP contribution in [0.4, 0.5) is 5.82 Å². The van der Waals surface area contributed by atoms with Crippen LogP contribution in [0.5, 0.6) is 5.75 Å². The van der Waals surface area contributed by atoms with Crippen molar-refractivity contribution in [3.8, 4) is 17.0 Å². The first-order chi connectivity index (χ1) is 10.7. The number of benzene rings is 1. The second-order valence-corrected chi connectivity index (χ2v) is 5.02. The van der Waals surface area contributed by atoms with E-state index in [-0.39, 0.29) is 0 Å². The molecule has 5 nitrogen and oxygen atoms in total. The molecule has 22 heavy (non-hydrogen) atoms. The van der Waals surface area contributed by atoms with Crippen LogP contribution in [0.1, 0.15) is 13.8 Å². The molecule has 2 heterocycles. The van der Waals surface area contributed by atoms with Crippen molar-refractivity contribution >= 4 is 11.6 Å². The highest BCUT2D eigenvalue weighted by atomic mass is 16.5. The van der Waals surface area contributed by atoms with Crippen LogP contribution in [0.25, 0.3) is 17.0 Å². The Morgan fingerprint density at radius 1 is 1.05 bits per heavy atom. The van der Waals surface area contributed by atoms with Crippen LogP contribution in [0.3, 0.4) is 0 Å². The molecule has 3 aromatic rings. The second kappa shape index (κ2) is 6.05. The number of nitrogens with zero attached hydrogens (tertiary/aromatic N) is 4. The van der Waals surface area contributed by atoms with E-state index in [1.165, 1.54) is 0 Å². The zero-order chi connectivity index (χ0) is 15.5. The molecular weight excluding hydrogens is 276 g/mol. The summed E-state index contributed by atoms with van der Waals surface area (Å²) in [7, 11) is 1.67. The highest BCUT2D eigenvalue weighted by Gasteiger charge is 2.09. The predicted molar refractivity (Wildman–Crippen MR) is 88.5 cm³/mol. The van der Waals surface area contributed by atoms with Crippen molar-refractivity contribution in [2.75, 3.05) is 25.1 Å². The first kappa shape index (κ1) is 14.4. The van der Waals surface area contributed by atoms with E-state index in [1.807, 2.05) is 47.1 Å². The number of hydrogen-bond acceptors (Lipinski definition) is 4. The van der Waals surface area contributed by atoms with E-state index in [0.29, 0.717) is 0 Å². The summed E-state index contributed by atoms with van der Waals surface area (Å²) in [6.45, 7) is 6.13. The third-order valence-electron chi connectivity index (χ3n) is 3.78. The summed E-state index contributed by atoms with van der Waals surface area (Å²) in [5.41, 5.74) is 1.96. The summed E-state index contributed by atoms with van der Waals surface area (Å²) in [5, 5.41) is 0. The molecule has 114 valence electrons. The van der Waals surface area contributed by atoms with Crippen molar-refractivity contribution in [1.82, 2.24) is 14.4 Å². The molecule has 0 N–H and O–H groups in total. The number of hydrogen-bond donors (Lipinski definition) is 0. The van der Waals surface area contributed by atoms with E-state index in [4.69, 9.17) is 4.74 Å². The zero-order valence-electron chi connectivity index (χ0n) is 13.2. The van der Waals surface area contributed by atoms with Crippen LogP contribution >= 0.6 is 0 Å². The first-order valence-corrected chi connectivity index (χ1v) is 7.50. The van der Waals surface area contributed by atoms with Gasteiger partial charge >= 0.3 is 0 Å². The summed E-state index contributed by atoms with van der Waals surface area (Å²) in [4.78, 5) is 11.5. The van der Waals surface area contributed by atoms with Gasteiger partial charge in [0.2, 0.25) is 5.78 Å². The van der Waals surface area contributed by atoms with Gasteiger partial charge in [0.1, 0.15) is 11.6 Å². The van der Waals surface area contributed by atoms with Crippen molar-refractivity contribution in [3.63, 3.8) is 0 Å². The zero-order valence-corrected chi connectivity index (χ0v) is 13.2. The number of methoxy groups -OCH3 is 1. The highest BCUT2D eigenvalue weighted by Crippen LogP contribution is 2.22. The third kappa shape index (κ3) is 2.62. The van der Waals surface area contributed by atoms with Gasteiger partial charge in [-0.2, -0.15) is 4.98 Å². The maximum atomic E-state index is 5.19. The van der Waals surface area contributed by atoms with Gasteiger partial charge < -0.3 is 9.64 Å². The molecule has 0 saturated carbocycles. The molecule has 0 bridgehead atoms. The quantitative estimate of drug-likeness (QED) is 0.725. The van der Waals surface area contributed by atoms with Crippen LogP contribution in [0.2, 0.25) is 0 Å². The molecule has 0 saturated heterocycles. The number of fused-ring (bicyclic) bond motifs is 1. The van der Waals surface area contributed by atoms with Crippen LogP contribution < -0.4 is 9.64 Å². The van der Waals surface area contributed by atoms with Gasteiger partial charge in [0.15, 0.2) is 0 Å². The van der Waals surface area contributed by atoms with Crippen LogP contribution in [-0.4, -0.2) is 34.6 Å². The Morgan fingerprint density at radius 3 is 2.41 bits per heavy atom. The number of imidazole rings is 1. The van der Waals surface area contributed by atoms with Gasteiger partial charge in [-0.05, 0) is 44.2 Å². The van der Waals surface area contributed by atoms with Crippen molar-refractivity contribution in [2.45, 2.75) is 13.8 Å². The average Bonchev–Trinajstić information content (AvgIpc) is 2.99. The van der Waals surface area contributed by atoms with E-state index in [2.05, 4.69) is 28.7 Å². The molecule has 0 fully saturated rings. The average molecular weight is 296 g/mol. The minimum atomic E-state index is 0.718. The summed E-state index contributed by atoms with van der Waals surface area (Å²) < 4.78 is 7.14. The molecule has 0 radical (unpaired) electrons. The molecule has 0 aliphatic rings. The van der Waals surface area contributed by atoms with Gasteiger partial charge in [-0.25, -0.2) is 4.98 Å². The largest absolute Gasteiger partial charge is 0.497 e. The lowest BCUT2D eigenvalue weighted by atomic mass is 10.2. The molecule has 0 amide bonds. The van der Waals surface area contributed by atoms with Gasteiger partial charge in [-0.3, -0.25) is 4.40 Å². The SMILES string of the molecule is CCN(CC)c1ccn2cc(-c3ccc(OC)cc3)nc2n1. The van der Waals surface area contributed by atoms with Crippen LogP contribution in [-0.2, 0) is 0 Å². The van der Waals surface area contributed by atoms with Gasteiger partial charge in [-0.15, -0.1) is 0 Å². The lowest BCUT2D eigenvalue weighted by Crippen LogP contribution is -2.23. The van der Waals surface area contributed by atoms with E-state index >= 15 is 0 Å². The van der Waals surface area contributed by atoms with E-state index < -0.39 is 0 Å². The van der Waals surface area contributed by atoms with Crippen molar-refractivity contribution in [2.24, 2.45) is 0 Å². The Morgan fingerprint density at radius 2 is 1.77 bits per heavy atom. The van der Waals surface area contributed by atoms with Crippen molar-refractivity contribution < 1.29 is 4.74 Å². The summed E-state index contributed by atoms with van der Waals surface area (Å²) in [6.07, 6.45) is 4.01. The van der Waals surface area contributed by atoms with Gasteiger partial charge in [0.25, 0.3) is 0 Å². The Bertz CT molecular complexity index is 760. The Kier molecular flexibility index (Phi) is 3.96. The molecule has 0 unspecified atom stereocenters. The topological polar surface area (TPSA) is 42.7 Å². The smallest absolute Gasteiger partial charge is 0.236 e. The fourth-order valence-electron chi connectivity index (χ4n) is 2.49. The van der Waals surface area contributed by atoms with Crippen LogP contribution in [0.15, 0.2) is 42.7 Å². The van der Waals surface area contributed by atoms with Crippen molar-refractivity contribution in [3.05, 3.63) is 42.7 Å². The molecule has 5 heteroatoms. The molecule has 2 aromatic heterocycles. The fraction of sp³-hybridized carbons (Fsp3) is 0.294. The second-order valence-electron chi connectivity index (χ2n) is 5.02. The molecule has 0 atom stereocenters. The Labute approximate surface area is 130 Å². The lowest BCUT2D eigenvalue weighted by molar-refractivity contribution is 0.415. The Hall–Kier alpha value is -2.56. The van der Waals surface area contributed by atoms with Crippen LogP contribution in [0, 0.1) is 0 Å². The minimum absolute atomic E-state index is 0.718. The fourth-order valence-corrected chi connectivity index (χ4v) is 2.49. The molecule has 0 aliphatic carbocycles. The normalized spacial score (nSPS) is 10.9. The van der Waals surface area contributed by atoms with E-state index in [9.17, 15) is 0 Å². The summed E-state index contributed by atoms with van der Waals surface area (Å²) >= 11 is 0. The number of rotatable bonds is 5.